The van der Waals surface area contributed by atoms with Gasteiger partial charge in [0.1, 0.15) is 5.82 Å². The van der Waals surface area contributed by atoms with Gasteiger partial charge < -0.3 is 5.32 Å². The quantitative estimate of drug-likeness (QED) is 0.479. The number of hydroxylamine groups is 1. The van der Waals surface area contributed by atoms with Crippen LogP contribution in [0, 0.1) is 5.82 Å². The molecule has 0 atom stereocenters. The zero-order valence-corrected chi connectivity index (χ0v) is 14.3. The fourth-order valence-corrected chi connectivity index (χ4v) is 2.65. The Labute approximate surface area is 155 Å². The first kappa shape index (κ1) is 18.3. The van der Waals surface area contributed by atoms with Crippen molar-refractivity contribution in [2.75, 3.05) is 0 Å². The van der Waals surface area contributed by atoms with E-state index in [1.165, 1.54) is 12.1 Å². The second-order valence-corrected chi connectivity index (χ2v) is 5.91. The first-order valence-electron chi connectivity index (χ1n) is 8.24. The van der Waals surface area contributed by atoms with Gasteiger partial charge in [0.2, 0.25) is 0 Å². The number of benzene rings is 3. The molecule has 3 aromatic rings. The van der Waals surface area contributed by atoms with Gasteiger partial charge in [0.05, 0.1) is 0 Å². The van der Waals surface area contributed by atoms with E-state index in [-0.39, 0.29) is 18.3 Å². The van der Waals surface area contributed by atoms with E-state index in [2.05, 4.69) is 5.32 Å². The second-order valence-electron chi connectivity index (χ2n) is 5.91. The number of amides is 2. The van der Waals surface area contributed by atoms with E-state index < -0.39 is 5.91 Å². The lowest BCUT2D eigenvalue weighted by Crippen LogP contribution is -2.22. The standard InChI is InChI=1S/C21H17FN2O3/c22-19-6-1-3-14(11-19)13-23-20(25)18-5-2-4-17(12-18)15-7-9-16(10-8-15)21(26)24-27/h1-12,27H,13H2,(H,23,25)(H,24,26). The van der Waals surface area contributed by atoms with Crippen LogP contribution in [-0.4, -0.2) is 17.0 Å². The molecule has 5 nitrogen and oxygen atoms in total. The lowest BCUT2D eigenvalue weighted by molar-refractivity contribution is 0.0706. The number of hydrogen-bond donors (Lipinski definition) is 3. The van der Waals surface area contributed by atoms with Gasteiger partial charge in [0.25, 0.3) is 11.8 Å². The Kier molecular flexibility index (Phi) is 5.58. The molecule has 0 saturated heterocycles. The van der Waals surface area contributed by atoms with Gasteiger partial charge in [-0.3, -0.25) is 14.8 Å². The van der Waals surface area contributed by atoms with Crippen LogP contribution in [0.5, 0.6) is 0 Å². The fraction of sp³-hybridized carbons (Fsp3) is 0.0476. The Balaban J connectivity index is 1.72. The van der Waals surface area contributed by atoms with Crippen LogP contribution in [-0.2, 0) is 6.54 Å². The molecule has 6 heteroatoms. The topological polar surface area (TPSA) is 78.4 Å². The Morgan fingerprint density at radius 1 is 0.815 bits per heavy atom. The average Bonchev–Trinajstić information content (AvgIpc) is 2.71. The highest BCUT2D eigenvalue weighted by Crippen LogP contribution is 2.21. The van der Waals surface area contributed by atoms with E-state index in [0.717, 1.165) is 11.1 Å². The van der Waals surface area contributed by atoms with Crippen LogP contribution >= 0.6 is 0 Å². The minimum atomic E-state index is -0.591. The van der Waals surface area contributed by atoms with Crippen LogP contribution < -0.4 is 10.8 Å². The summed E-state index contributed by atoms with van der Waals surface area (Å²) in [7, 11) is 0. The van der Waals surface area contributed by atoms with Crippen molar-refractivity contribution in [2.45, 2.75) is 6.54 Å². The molecule has 0 aromatic heterocycles. The number of carbonyl (C=O) groups is 2. The molecular formula is C21H17FN2O3. The van der Waals surface area contributed by atoms with E-state index in [0.29, 0.717) is 16.7 Å². The Hall–Kier alpha value is -3.51. The third kappa shape index (κ3) is 4.56. The van der Waals surface area contributed by atoms with Crippen molar-refractivity contribution in [3.8, 4) is 11.1 Å². The van der Waals surface area contributed by atoms with Crippen molar-refractivity contribution in [3.63, 3.8) is 0 Å². The molecule has 3 N–H and O–H groups in total. The molecular weight excluding hydrogens is 347 g/mol. The number of halogens is 1. The maximum absolute atomic E-state index is 13.2. The number of carbonyl (C=O) groups excluding carboxylic acids is 2. The van der Waals surface area contributed by atoms with E-state index >= 15 is 0 Å². The lowest BCUT2D eigenvalue weighted by atomic mass is 10.0. The summed E-state index contributed by atoms with van der Waals surface area (Å²) < 4.78 is 13.2. The first-order valence-corrected chi connectivity index (χ1v) is 8.24. The van der Waals surface area contributed by atoms with Crippen molar-refractivity contribution in [2.24, 2.45) is 0 Å². The number of hydrogen-bond acceptors (Lipinski definition) is 3. The van der Waals surface area contributed by atoms with Gasteiger partial charge >= 0.3 is 0 Å². The summed E-state index contributed by atoms with van der Waals surface area (Å²) in [4.78, 5) is 23.8. The number of rotatable bonds is 5. The van der Waals surface area contributed by atoms with E-state index in [1.54, 1.807) is 60.1 Å². The summed E-state index contributed by atoms with van der Waals surface area (Å²) in [5.41, 5.74) is 4.69. The molecule has 0 fully saturated rings. The third-order valence-electron chi connectivity index (χ3n) is 4.05. The molecule has 0 heterocycles. The summed E-state index contributed by atoms with van der Waals surface area (Å²) in [6, 6.07) is 19.7. The zero-order chi connectivity index (χ0) is 19.2. The Morgan fingerprint density at radius 2 is 1.56 bits per heavy atom. The summed E-state index contributed by atoms with van der Waals surface area (Å²) >= 11 is 0. The molecule has 0 unspecified atom stereocenters. The van der Waals surface area contributed by atoms with Gasteiger partial charge in [-0.25, -0.2) is 9.87 Å². The van der Waals surface area contributed by atoms with Crippen LogP contribution in [0.4, 0.5) is 4.39 Å². The minimum Gasteiger partial charge on any atom is -0.348 e. The van der Waals surface area contributed by atoms with Gasteiger partial charge in [0, 0.05) is 17.7 Å². The second kappa shape index (κ2) is 8.25. The van der Waals surface area contributed by atoms with Gasteiger partial charge in [-0.05, 0) is 53.1 Å². The lowest BCUT2D eigenvalue weighted by Gasteiger charge is -2.08. The highest BCUT2D eigenvalue weighted by molar-refractivity contribution is 5.96. The molecule has 3 rings (SSSR count). The van der Waals surface area contributed by atoms with E-state index in [1.807, 2.05) is 6.07 Å². The molecule has 0 radical (unpaired) electrons. The molecule has 0 aliphatic heterocycles. The van der Waals surface area contributed by atoms with E-state index in [4.69, 9.17) is 5.21 Å². The van der Waals surface area contributed by atoms with Gasteiger partial charge in [0.15, 0.2) is 0 Å². The molecule has 0 spiro atoms. The van der Waals surface area contributed by atoms with Crippen LogP contribution in [0.2, 0.25) is 0 Å². The highest BCUT2D eigenvalue weighted by atomic mass is 19.1. The predicted molar refractivity (Wildman–Crippen MR) is 98.7 cm³/mol. The molecule has 2 amide bonds. The minimum absolute atomic E-state index is 0.228. The summed E-state index contributed by atoms with van der Waals surface area (Å²) in [5, 5.41) is 11.4. The molecule has 0 aliphatic rings. The summed E-state index contributed by atoms with van der Waals surface area (Å²) in [6.07, 6.45) is 0. The monoisotopic (exact) mass is 364 g/mol. The van der Waals surface area contributed by atoms with Crippen LogP contribution in [0.1, 0.15) is 26.3 Å². The molecule has 27 heavy (non-hydrogen) atoms. The fourth-order valence-electron chi connectivity index (χ4n) is 2.65. The molecule has 0 aliphatic carbocycles. The maximum atomic E-state index is 13.2. The van der Waals surface area contributed by atoms with Crippen molar-refractivity contribution in [1.29, 1.82) is 0 Å². The summed E-state index contributed by atoms with van der Waals surface area (Å²) in [5.74, 6) is -1.20. The average molecular weight is 364 g/mol. The SMILES string of the molecule is O=C(NO)c1ccc(-c2cccc(C(=O)NCc3cccc(F)c3)c2)cc1. The Bertz CT molecular complexity index is 971. The van der Waals surface area contributed by atoms with Crippen molar-refractivity contribution < 1.29 is 19.2 Å². The molecule has 0 bridgehead atoms. The first-order chi connectivity index (χ1) is 13.1. The van der Waals surface area contributed by atoms with Crippen molar-refractivity contribution >= 4 is 11.8 Å². The number of nitrogens with one attached hydrogen (secondary N) is 2. The maximum Gasteiger partial charge on any atom is 0.274 e. The van der Waals surface area contributed by atoms with Gasteiger partial charge in [-0.2, -0.15) is 0 Å². The van der Waals surface area contributed by atoms with E-state index in [9.17, 15) is 14.0 Å². The summed E-state index contributed by atoms with van der Waals surface area (Å²) in [6.45, 7) is 0.228. The van der Waals surface area contributed by atoms with Crippen molar-refractivity contribution in [1.82, 2.24) is 10.8 Å². The van der Waals surface area contributed by atoms with Crippen molar-refractivity contribution in [3.05, 3.63) is 95.3 Å². The smallest absolute Gasteiger partial charge is 0.274 e. The van der Waals surface area contributed by atoms with Gasteiger partial charge in [-0.1, -0.05) is 36.4 Å². The molecule has 3 aromatic carbocycles. The van der Waals surface area contributed by atoms with Gasteiger partial charge in [-0.15, -0.1) is 0 Å². The van der Waals surface area contributed by atoms with Crippen LogP contribution in [0.25, 0.3) is 11.1 Å². The largest absolute Gasteiger partial charge is 0.348 e. The molecule has 0 saturated carbocycles. The third-order valence-corrected chi connectivity index (χ3v) is 4.05. The highest BCUT2D eigenvalue weighted by Gasteiger charge is 2.09. The predicted octanol–water partition coefficient (Wildman–Crippen LogP) is 3.54. The zero-order valence-electron chi connectivity index (χ0n) is 14.3. The molecule has 136 valence electrons. The van der Waals surface area contributed by atoms with Crippen LogP contribution in [0.15, 0.2) is 72.8 Å². The van der Waals surface area contributed by atoms with Crippen LogP contribution in [0.3, 0.4) is 0 Å². The normalized spacial score (nSPS) is 10.3. The Morgan fingerprint density at radius 3 is 2.26 bits per heavy atom.